The first-order chi connectivity index (χ1) is 13.8. The maximum Gasteiger partial charge on any atom is 0.306 e. The van der Waals surface area contributed by atoms with E-state index in [9.17, 15) is 18.0 Å². The Hall–Kier alpha value is -2.87. The third-order valence-corrected chi connectivity index (χ3v) is 6.54. The van der Waals surface area contributed by atoms with Gasteiger partial charge in [-0.15, -0.1) is 0 Å². The fourth-order valence-corrected chi connectivity index (χ4v) is 4.52. The van der Waals surface area contributed by atoms with Crippen molar-refractivity contribution in [3.8, 4) is 0 Å². The number of aliphatic carboxylic acids is 1. The van der Waals surface area contributed by atoms with Crippen LogP contribution in [0, 0.1) is 12.8 Å². The summed E-state index contributed by atoms with van der Waals surface area (Å²) in [5.41, 5.74) is 1.37. The number of carbonyl (C=O) groups excluding carboxylic acids is 1. The molecule has 0 radical (unpaired) electrons. The van der Waals surface area contributed by atoms with E-state index in [2.05, 4.69) is 10.0 Å². The van der Waals surface area contributed by atoms with Crippen LogP contribution in [0.25, 0.3) is 0 Å². The van der Waals surface area contributed by atoms with Crippen molar-refractivity contribution >= 4 is 27.6 Å². The van der Waals surface area contributed by atoms with Gasteiger partial charge in [-0.3, -0.25) is 14.3 Å². The van der Waals surface area contributed by atoms with Crippen molar-refractivity contribution in [3.05, 3.63) is 59.7 Å². The molecule has 0 heterocycles. The second-order valence-corrected chi connectivity index (χ2v) is 9.01. The van der Waals surface area contributed by atoms with Gasteiger partial charge < -0.3 is 10.4 Å². The van der Waals surface area contributed by atoms with Crippen LogP contribution in [0.4, 0.5) is 5.69 Å². The molecule has 29 heavy (non-hydrogen) atoms. The van der Waals surface area contributed by atoms with Crippen LogP contribution in [-0.2, 0) is 14.8 Å². The highest BCUT2D eigenvalue weighted by molar-refractivity contribution is 7.92. The van der Waals surface area contributed by atoms with Gasteiger partial charge in [0, 0.05) is 6.04 Å². The number of rotatable bonds is 6. The molecule has 3 N–H and O–H groups in total. The average Bonchev–Trinajstić information content (AvgIpc) is 2.69. The second kappa shape index (κ2) is 8.65. The third kappa shape index (κ3) is 5.14. The number of aryl methyl sites for hydroxylation is 1. The van der Waals surface area contributed by atoms with Crippen LogP contribution in [0.1, 0.15) is 41.6 Å². The number of carboxylic acid groups (broad SMARTS) is 1. The molecule has 1 aliphatic carbocycles. The molecule has 0 saturated heterocycles. The van der Waals surface area contributed by atoms with Crippen molar-refractivity contribution in [2.45, 2.75) is 43.5 Å². The van der Waals surface area contributed by atoms with Gasteiger partial charge in [-0.2, -0.15) is 0 Å². The minimum absolute atomic E-state index is 0.116. The van der Waals surface area contributed by atoms with Gasteiger partial charge in [0.2, 0.25) is 0 Å². The molecule has 3 rings (SSSR count). The SMILES string of the molecule is Cc1ccc(S(=O)(=O)Nc2ccccc2C(=O)NC2CCC(C(=O)O)CC2)cc1. The molecule has 0 atom stereocenters. The number of nitrogens with one attached hydrogen (secondary N) is 2. The van der Waals surface area contributed by atoms with E-state index in [0.29, 0.717) is 25.7 Å². The van der Waals surface area contributed by atoms with E-state index >= 15 is 0 Å². The fraction of sp³-hybridized carbons (Fsp3) is 0.333. The Kier molecular flexibility index (Phi) is 6.22. The molecule has 8 heteroatoms. The Bertz CT molecular complexity index is 994. The van der Waals surface area contributed by atoms with Crippen LogP contribution in [0.15, 0.2) is 53.4 Å². The van der Waals surface area contributed by atoms with E-state index in [0.717, 1.165) is 5.56 Å². The summed E-state index contributed by atoms with van der Waals surface area (Å²) in [6.07, 6.45) is 2.20. The van der Waals surface area contributed by atoms with Crippen LogP contribution in [0.3, 0.4) is 0 Å². The largest absolute Gasteiger partial charge is 0.481 e. The van der Waals surface area contributed by atoms with E-state index in [4.69, 9.17) is 5.11 Å². The van der Waals surface area contributed by atoms with Crippen LogP contribution in [0.2, 0.25) is 0 Å². The molecule has 0 spiro atoms. The molecular formula is C21H24N2O5S. The van der Waals surface area contributed by atoms with Gasteiger partial charge in [-0.05, 0) is 56.9 Å². The number of amides is 1. The summed E-state index contributed by atoms with van der Waals surface area (Å²) < 4.78 is 27.9. The number of carbonyl (C=O) groups is 2. The Morgan fingerprint density at radius 3 is 2.21 bits per heavy atom. The molecule has 1 aliphatic rings. The minimum Gasteiger partial charge on any atom is -0.481 e. The lowest BCUT2D eigenvalue weighted by atomic mass is 9.86. The van der Waals surface area contributed by atoms with Gasteiger partial charge in [-0.1, -0.05) is 29.8 Å². The highest BCUT2D eigenvalue weighted by Crippen LogP contribution is 2.26. The molecular weight excluding hydrogens is 392 g/mol. The van der Waals surface area contributed by atoms with Crippen LogP contribution < -0.4 is 10.0 Å². The van der Waals surface area contributed by atoms with Crippen molar-refractivity contribution < 1.29 is 23.1 Å². The maximum atomic E-state index is 12.8. The molecule has 1 saturated carbocycles. The van der Waals surface area contributed by atoms with Gasteiger partial charge in [-0.25, -0.2) is 8.42 Å². The zero-order valence-corrected chi connectivity index (χ0v) is 16.9. The van der Waals surface area contributed by atoms with E-state index < -0.39 is 16.0 Å². The predicted molar refractivity (Wildman–Crippen MR) is 109 cm³/mol. The highest BCUT2D eigenvalue weighted by Gasteiger charge is 2.27. The first kappa shape index (κ1) is 20.9. The first-order valence-corrected chi connectivity index (χ1v) is 11.0. The van der Waals surface area contributed by atoms with E-state index in [1.54, 1.807) is 36.4 Å². The number of sulfonamides is 1. The Morgan fingerprint density at radius 1 is 0.966 bits per heavy atom. The quantitative estimate of drug-likeness (QED) is 0.669. The molecule has 1 amide bonds. The van der Waals surface area contributed by atoms with Crippen molar-refractivity contribution in [1.29, 1.82) is 0 Å². The Balaban J connectivity index is 1.72. The highest BCUT2D eigenvalue weighted by atomic mass is 32.2. The van der Waals surface area contributed by atoms with E-state index in [1.807, 2.05) is 6.92 Å². The number of hydrogen-bond acceptors (Lipinski definition) is 4. The average molecular weight is 416 g/mol. The van der Waals surface area contributed by atoms with E-state index in [1.165, 1.54) is 12.1 Å². The normalized spacial score (nSPS) is 19.3. The molecule has 0 aromatic heterocycles. The maximum absolute atomic E-state index is 12.8. The molecule has 0 aliphatic heterocycles. The summed E-state index contributed by atoms with van der Waals surface area (Å²) in [6, 6.07) is 12.7. The molecule has 0 bridgehead atoms. The number of para-hydroxylation sites is 1. The summed E-state index contributed by atoms with van der Waals surface area (Å²) in [4.78, 5) is 23.9. The molecule has 1 fully saturated rings. The zero-order valence-electron chi connectivity index (χ0n) is 16.1. The van der Waals surface area contributed by atoms with Gasteiger partial charge in [0.15, 0.2) is 0 Å². The lowest BCUT2D eigenvalue weighted by Crippen LogP contribution is -2.39. The van der Waals surface area contributed by atoms with Crippen molar-refractivity contribution in [2.24, 2.45) is 5.92 Å². The topological polar surface area (TPSA) is 113 Å². The zero-order chi connectivity index (χ0) is 21.0. The summed E-state index contributed by atoms with van der Waals surface area (Å²) in [5, 5.41) is 12.0. The number of benzene rings is 2. The molecule has 0 unspecified atom stereocenters. The minimum atomic E-state index is -3.83. The van der Waals surface area contributed by atoms with Crippen LogP contribution in [-0.4, -0.2) is 31.4 Å². The predicted octanol–water partition coefficient (Wildman–Crippen LogP) is 3.17. The molecule has 2 aromatic rings. The smallest absolute Gasteiger partial charge is 0.306 e. The first-order valence-electron chi connectivity index (χ1n) is 9.48. The lowest BCUT2D eigenvalue weighted by Gasteiger charge is -2.27. The van der Waals surface area contributed by atoms with Crippen molar-refractivity contribution in [3.63, 3.8) is 0 Å². The third-order valence-electron chi connectivity index (χ3n) is 5.16. The van der Waals surface area contributed by atoms with E-state index in [-0.39, 0.29) is 34.0 Å². The summed E-state index contributed by atoms with van der Waals surface area (Å²) in [5.74, 6) is -1.55. The Labute approximate surface area is 170 Å². The summed E-state index contributed by atoms with van der Waals surface area (Å²) in [7, 11) is -3.83. The molecule has 154 valence electrons. The number of hydrogen-bond donors (Lipinski definition) is 3. The summed E-state index contributed by atoms with van der Waals surface area (Å²) in [6.45, 7) is 1.87. The standard InChI is InChI=1S/C21H24N2O5S/c1-14-6-12-17(13-7-14)29(27,28)23-19-5-3-2-4-18(19)20(24)22-16-10-8-15(9-11-16)21(25)26/h2-7,12-13,15-16,23H,8-11H2,1H3,(H,22,24)(H,25,26). The number of carboxylic acids is 1. The monoisotopic (exact) mass is 416 g/mol. The summed E-state index contributed by atoms with van der Waals surface area (Å²) >= 11 is 0. The number of anilines is 1. The fourth-order valence-electron chi connectivity index (χ4n) is 3.44. The van der Waals surface area contributed by atoms with Crippen molar-refractivity contribution in [1.82, 2.24) is 5.32 Å². The van der Waals surface area contributed by atoms with Crippen LogP contribution in [0.5, 0.6) is 0 Å². The molecule has 7 nitrogen and oxygen atoms in total. The molecule has 2 aromatic carbocycles. The van der Waals surface area contributed by atoms with Gasteiger partial charge in [0.25, 0.3) is 15.9 Å². The van der Waals surface area contributed by atoms with Gasteiger partial charge in [0.1, 0.15) is 0 Å². The van der Waals surface area contributed by atoms with Gasteiger partial charge >= 0.3 is 5.97 Å². The van der Waals surface area contributed by atoms with Gasteiger partial charge in [0.05, 0.1) is 22.1 Å². The lowest BCUT2D eigenvalue weighted by molar-refractivity contribution is -0.142. The Morgan fingerprint density at radius 2 is 1.59 bits per heavy atom. The second-order valence-electron chi connectivity index (χ2n) is 7.32. The van der Waals surface area contributed by atoms with Crippen molar-refractivity contribution in [2.75, 3.05) is 4.72 Å². The van der Waals surface area contributed by atoms with Crippen LogP contribution >= 0.6 is 0 Å².